The van der Waals surface area contributed by atoms with E-state index in [-0.39, 0.29) is 15.8 Å². The summed E-state index contributed by atoms with van der Waals surface area (Å²) >= 11 is 12.4. The molecule has 0 aliphatic rings. The van der Waals surface area contributed by atoms with E-state index in [0.29, 0.717) is 29.1 Å². The number of rotatable bonds is 6. The van der Waals surface area contributed by atoms with Crippen molar-refractivity contribution in [2.45, 2.75) is 6.18 Å². The summed E-state index contributed by atoms with van der Waals surface area (Å²) in [6.07, 6.45) is -3.26. The minimum atomic E-state index is -4.75. The predicted molar refractivity (Wildman–Crippen MR) is 115 cm³/mol. The van der Waals surface area contributed by atoms with Gasteiger partial charge in [-0.05, 0) is 54.1 Å². The molecule has 0 heterocycles. The molecule has 0 radical (unpaired) electrons. The number of ether oxygens (including phenoxy) is 2. The standard InChI is InChI=1S/C21H13Cl2F3N2O4/c1-31-15-5-3-14(4-6-15)27-11-12-8-16(22)20(17(23)9-12)32-19-7-2-13(21(24,25)26)10-18(19)28(29)30/h2-11H,1H3. The summed E-state index contributed by atoms with van der Waals surface area (Å²) in [5, 5.41) is 11.2. The molecule has 0 aliphatic carbocycles. The maximum absolute atomic E-state index is 12.9. The zero-order valence-electron chi connectivity index (χ0n) is 16.2. The summed E-state index contributed by atoms with van der Waals surface area (Å²) in [5.41, 5.74) is -0.917. The van der Waals surface area contributed by atoms with Gasteiger partial charge in [-0.2, -0.15) is 13.2 Å². The summed E-state index contributed by atoms with van der Waals surface area (Å²) < 4.78 is 49.1. The Balaban J connectivity index is 1.88. The second-order valence-corrected chi connectivity index (χ2v) is 7.12. The van der Waals surface area contributed by atoms with Gasteiger partial charge in [0.05, 0.1) is 33.3 Å². The van der Waals surface area contributed by atoms with Crippen LogP contribution in [0, 0.1) is 10.1 Å². The summed E-state index contributed by atoms with van der Waals surface area (Å²) in [4.78, 5) is 14.5. The van der Waals surface area contributed by atoms with E-state index < -0.39 is 28.1 Å². The number of halogens is 5. The molecule has 0 spiro atoms. The molecule has 0 atom stereocenters. The average molecular weight is 485 g/mol. The number of benzene rings is 3. The molecular formula is C21H13Cl2F3N2O4. The molecule has 0 amide bonds. The Hall–Kier alpha value is -3.30. The molecule has 0 bridgehead atoms. The molecule has 0 aromatic heterocycles. The normalized spacial score (nSPS) is 11.6. The fourth-order valence-corrected chi connectivity index (χ4v) is 3.18. The van der Waals surface area contributed by atoms with E-state index in [4.69, 9.17) is 32.7 Å². The van der Waals surface area contributed by atoms with Gasteiger partial charge >= 0.3 is 11.9 Å². The van der Waals surface area contributed by atoms with Crippen LogP contribution in [0.1, 0.15) is 11.1 Å². The quantitative estimate of drug-likeness (QED) is 0.206. The number of hydrogen-bond acceptors (Lipinski definition) is 5. The molecule has 0 saturated carbocycles. The van der Waals surface area contributed by atoms with Gasteiger partial charge in [0.2, 0.25) is 5.75 Å². The summed E-state index contributed by atoms with van der Waals surface area (Å²) in [6, 6.07) is 11.7. The number of nitrogens with zero attached hydrogens (tertiary/aromatic N) is 2. The maximum atomic E-state index is 12.9. The second-order valence-electron chi connectivity index (χ2n) is 6.31. The van der Waals surface area contributed by atoms with Crippen LogP contribution in [-0.4, -0.2) is 18.2 Å². The lowest BCUT2D eigenvalue weighted by atomic mass is 10.1. The predicted octanol–water partition coefficient (Wildman–Crippen LogP) is 7.47. The molecule has 0 saturated heterocycles. The number of hydrogen-bond donors (Lipinski definition) is 0. The van der Waals surface area contributed by atoms with Crippen LogP contribution in [-0.2, 0) is 6.18 Å². The van der Waals surface area contributed by atoms with Gasteiger partial charge in [-0.25, -0.2) is 0 Å². The van der Waals surface area contributed by atoms with Crippen LogP contribution in [0.2, 0.25) is 10.0 Å². The van der Waals surface area contributed by atoms with Gasteiger partial charge in [0.15, 0.2) is 5.75 Å². The Kier molecular flexibility index (Phi) is 6.90. The van der Waals surface area contributed by atoms with Gasteiger partial charge in [-0.15, -0.1) is 0 Å². The van der Waals surface area contributed by atoms with Crippen molar-refractivity contribution in [1.82, 2.24) is 0 Å². The molecule has 3 rings (SSSR count). The molecule has 3 aromatic rings. The molecule has 0 unspecified atom stereocenters. The first-order chi connectivity index (χ1) is 15.1. The van der Waals surface area contributed by atoms with E-state index in [2.05, 4.69) is 4.99 Å². The molecule has 0 fully saturated rings. The van der Waals surface area contributed by atoms with E-state index in [1.165, 1.54) is 18.3 Å². The maximum Gasteiger partial charge on any atom is 0.416 e. The second kappa shape index (κ2) is 9.46. The molecule has 6 nitrogen and oxygen atoms in total. The highest BCUT2D eigenvalue weighted by molar-refractivity contribution is 6.37. The smallest absolute Gasteiger partial charge is 0.416 e. The third kappa shape index (κ3) is 5.49. The topological polar surface area (TPSA) is 74.0 Å². The first-order valence-corrected chi connectivity index (χ1v) is 9.54. The lowest BCUT2D eigenvalue weighted by Gasteiger charge is -2.12. The van der Waals surface area contributed by atoms with E-state index >= 15 is 0 Å². The molecule has 3 aromatic carbocycles. The molecule has 166 valence electrons. The van der Waals surface area contributed by atoms with Crippen molar-refractivity contribution in [3.05, 3.63) is 85.9 Å². The largest absolute Gasteiger partial charge is 0.497 e. The Labute approximate surface area is 190 Å². The van der Waals surface area contributed by atoms with Crippen molar-refractivity contribution in [3.8, 4) is 17.2 Å². The Bertz CT molecular complexity index is 1160. The van der Waals surface area contributed by atoms with Crippen LogP contribution in [0.15, 0.2) is 59.6 Å². The highest BCUT2D eigenvalue weighted by atomic mass is 35.5. The third-order valence-electron chi connectivity index (χ3n) is 4.15. The molecule has 32 heavy (non-hydrogen) atoms. The van der Waals surface area contributed by atoms with Crippen LogP contribution < -0.4 is 9.47 Å². The van der Waals surface area contributed by atoms with Gasteiger partial charge in [-0.1, -0.05) is 23.2 Å². The van der Waals surface area contributed by atoms with Crippen LogP contribution in [0.3, 0.4) is 0 Å². The van der Waals surface area contributed by atoms with Crippen molar-refractivity contribution >= 4 is 40.8 Å². The molecule has 0 N–H and O–H groups in total. The van der Waals surface area contributed by atoms with Crippen molar-refractivity contribution in [2.75, 3.05) is 7.11 Å². The number of alkyl halides is 3. The first-order valence-electron chi connectivity index (χ1n) is 8.79. The summed E-state index contributed by atoms with van der Waals surface area (Å²) in [7, 11) is 1.55. The Morgan fingerprint density at radius 3 is 2.19 bits per heavy atom. The van der Waals surface area contributed by atoms with Crippen LogP contribution >= 0.6 is 23.2 Å². The molecule has 0 aliphatic heterocycles. The minimum absolute atomic E-state index is 0.0112. The van der Waals surface area contributed by atoms with E-state index in [1.54, 1.807) is 31.4 Å². The number of nitro benzene ring substituents is 1. The third-order valence-corrected chi connectivity index (χ3v) is 4.71. The highest BCUT2D eigenvalue weighted by Gasteiger charge is 2.33. The highest BCUT2D eigenvalue weighted by Crippen LogP contribution is 2.42. The van der Waals surface area contributed by atoms with Gasteiger partial charge in [0.1, 0.15) is 5.75 Å². The number of nitro groups is 1. The van der Waals surface area contributed by atoms with Crippen molar-refractivity contribution in [1.29, 1.82) is 0 Å². The summed E-state index contributed by atoms with van der Waals surface area (Å²) in [6.45, 7) is 0. The van der Waals surface area contributed by atoms with E-state index in [1.807, 2.05) is 0 Å². The number of methoxy groups -OCH3 is 1. The van der Waals surface area contributed by atoms with Gasteiger partial charge in [0, 0.05) is 12.3 Å². The van der Waals surface area contributed by atoms with Crippen molar-refractivity contribution in [2.24, 2.45) is 4.99 Å². The first kappa shape index (κ1) is 23.4. The zero-order chi connectivity index (χ0) is 23.5. The van der Waals surface area contributed by atoms with Crippen molar-refractivity contribution < 1.29 is 27.6 Å². The minimum Gasteiger partial charge on any atom is -0.497 e. The fourth-order valence-electron chi connectivity index (χ4n) is 2.60. The fraction of sp³-hybridized carbons (Fsp3) is 0.0952. The number of aliphatic imine (C=N–C) groups is 1. The van der Waals surface area contributed by atoms with Crippen molar-refractivity contribution in [3.63, 3.8) is 0 Å². The average Bonchev–Trinajstić information content (AvgIpc) is 2.74. The lowest BCUT2D eigenvalue weighted by Crippen LogP contribution is -2.06. The lowest BCUT2D eigenvalue weighted by molar-refractivity contribution is -0.385. The summed E-state index contributed by atoms with van der Waals surface area (Å²) in [5.74, 6) is 0.0955. The van der Waals surface area contributed by atoms with E-state index in [0.717, 1.165) is 6.07 Å². The monoisotopic (exact) mass is 484 g/mol. The van der Waals surface area contributed by atoms with Gasteiger partial charge in [-0.3, -0.25) is 15.1 Å². The van der Waals surface area contributed by atoms with Crippen LogP contribution in [0.25, 0.3) is 0 Å². The van der Waals surface area contributed by atoms with Gasteiger partial charge < -0.3 is 9.47 Å². The zero-order valence-corrected chi connectivity index (χ0v) is 17.7. The van der Waals surface area contributed by atoms with Gasteiger partial charge in [0.25, 0.3) is 0 Å². The van der Waals surface area contributed by atoms with Crippen LogP contribution in [0.5, 0.6) is 17.2 Å². The molecule has 11 heteroatoms. The SMILES string of the molecule is COc1ccc(N=Cc2cc(Cl)c(Oc3ccc(C(F)(F)F)cc3[N+](=O)[O-])c(Cl)c2)cc1. The Morgan fingerprint density at radius 1 is 1.03 bits per heavy atom. The van der Waals surface area contributed by atoms with Crippen LogP contribution in [0.4, 0.5) is 24.5 Å². The molecular weight excluding hydrogens is 472 g/mol. The Morgan fingerprint density at radius 2 is 1.66 bits per heavy atom. The van der Waals surface area contributed by atoms with E-state index in [9.17, 15) is 23.3 Å².